The number of carboxylic acid groups (broad SMARTS) is 2. The van der Waals surface area contributed by atoms with Gasteiger partial charge in [-0.05, 0) is 24.3 Å². The zero-order chi connectivity index (χ0) is 22.1. The van der Waals surface area contributed by atoms with Crippen molar-refractivity contribution in [3.05, 3.63) is 65.7 Å². The molecule has 10 nitrogen and oxygen atoms in total. The Morgan fingerprint density at radius 1 is 1.00 bits per heavy atom. The van der Waals surface area contributed by atoms with E-state index in [1.54, 1.807) is 48.5 Å². The molecule has 0 aliphatic carbocycles. The zero-order valence-electron chi connectivity index (χ0n) is 16.0. The molecule has 2 atom stereocenters. The van der Waals surface area contributed by atoms with Gasteiger partial charge in [-0.3, -0.25) is 10.2 Å². The smallest absolute Gasteiger partial charge is 0.337 e. The molecule has 158 valence electrons. The summed E-state index contributed by atoms with van der Waals surface area (Å²) in [5.41, 5.74) is 5.92. The molecule has 0 saturated heterocycles. The van der Waals surface area contributed by atoms with Crippen molar-refractivity contribution in [3.63, 3.8) is 0 Å². The van der Waals surface area contributed by atoms with Gasteiger partial charge in [-0.2, -0.15) is 0 Å². The molecule has 0 fully saturated rings. The van der Waals surface area contributed by atoms with Crippen molar-refractivity contribution in [2.24, 2.45) is 5.73 Å². The quantitative estimate of drug-likeness (QED) is 0.222. The third-order valence-corrected chi connectivity index (χ3v) is 4.22. The predicted octanol–water partition coefficient (Wildman–Crippen LogP) is 0.922. The number of hydrogen-bond acceptors (Lipinski definition) is 5. The number of guanidine groups is 1. The van der Waals surface area contributed by atoms with E-state index in [-0.39, 0.29) is 30.2 Å². The summed E-state index contributed by atoms with van der Waals surface area (Å²) in [7, 11) is 0. The molecule has 0 radical (unpaired) electrons. The molecule has 0 aromatic heterocycles. The summed E-state index contributed by atoms with van der Waals surface area (Å²) in [6.07, 6.45) is -0.0951. The Morgan fingerprint density at radius 3 is 2.23 bits per heavy atom. The number of carbonyl (C=O) groups excluding carboxylic acids is 1. The molecule has 2 aromatic carbocycles. The molecule has 2 aromatic rings. The van der Waals surface area contributed by atoms with E-state index < -0.39 is 29.9 Å². The highest BCUT2D eigenvalue weighted by atomic mass is 16.4. The van der Waals surface area contributed by atoms with Crippen molar-refractivity contribution in [1.82, 2.24) is 10.6 Å². The SMILES string of the molecule is N=C(N)NCC(C[C@H](NC(=O)c1ccccc1)C(=O)O)Nc1ccccc1C(=O)O. The lowest BCUT2D eigenvalue weighted by Gasteiger charge is -2.25. The highest BCUT2D eigenvalue weighted by Crippen LogP contribution is 2.17. The van der Waals surface area contributed by atoms with Gasteiger partial charge >= 0.3 is 11.9 Å². The van der Waals surface area contributed by atoms with E-state index in [1.807, 2.05) is 0 Å². The topological polar surface area (TPSA) is 178 Å². The number of nitrogens with one attached hydrogen (secondary N) is 4. The second-order valence-electron chi connectivity index (χ2n) is 6.45. The summed E-state index contributed by atoms with van der Waals surface area (Å²) >= 11 is 0. The fraction of sp³-hybridized carbons (Fsp3) is 0.200. The molecule has 0 spiro atoms. The number of rotatable bonds is 10. The standard InChI is InChI=1S/C20H23N5O5/c21-20(22)23-11-13(24-15-9-5-4-8-14(15)18(27)28)10-16(19(29)30)25-17(26)12-6-2-1-3-7-12/h1-9,13,16,24H,10-11H2,(H,25,26)(H,27,28)(H,29,30)(H4,21,22,23)/t13?,16-/m0/s1. The van der Waals surface area contributed by atoms with E-state index in [0.29, 0.717) is 5.56 Å². The van der Waals surface area contributed by atoms with E-state index >= 15 is 0 Å². The van der Waals surface area contributed by atoms with Gasteiger partial charge in [-0.25, -0.2) is 9.59 Å². The Bertz CT molecular complexity index is 919. The van der Waals surface area contributed by atoms with Crippen LogP contribution in [-0.2, 0) is 4.79 Å². The minimum Gasteiger partial charge on any atom is -0.480 e. The molecule has 0 saturated carbocycles. The summed E-state index contributed by atoms with van der Waals surface area (Å²) in [6.45, 7) is 0.0360. The maximum atomic E-state index is 12.4. The average Bonchev–Trinajstić information content (AvgIpc) is 2.72. The van der Waals surface area contributed by atoms with Gasteiger partial charge in [-0.15, -0.1) is 0 Å². The average molecular weight is 413 g/mol. The van der Waals surface area contributed by atoms with E-state index in [2.05, 4.69) is 16.0 Å². The number of amides is 1. The Balaban J connectivity index is 2.20. The van der Waals surface area contributed by atoms with Crippen LogP contribution in [-0.4, -0.2) is 52.6 Å². The van der Waals surface area contributed by atoms with Crippen LogP contribution in [0.3, 0.4) is 0 Å². The number of carboxylic acids is 2. The second-order valence-corrected chi connectivity index (χ2v) is 6.45. The third-order valence-electron chi connectivity index (χ3n) is 4.22. The lowest BCUT2D eigenvalue weighted by molar-refractivity contribution is -0.139. The summed E-state index contributed by atoms with van der Waals surface area (Å²) in [5, 5.41) is 34.3. The molecule has 10 heteroatoms. The Hall–Kier alpha value is -4.08. The third kappa shape index (κ3) is 6.51. The number of para-hydroxylation sites is 1. The van der Waals surface area contributed by atoms with Gasteiger partial charge in [-0.1, -0.05) is 30.3 Å². The fourth-order valence-electron chi connectivity index (χ4n) is 2.78. The monoisotopic (exact) mass is 413 g/mol. The van der Waals surface area contributed by atoms with Crippen LogP contribution in [0, 0.1) is 5.41 Å². The van der Waals surface area contributed by atoms with Gasteiger partial charge in [0.15, 0.2) is 5.96 Å². The van der Waals surface area contributed by atoms with Crippen molar-refractivity contribution in [1.29, 1.82) is 5.41 Å². The summed E-state index contributed by atoms with van der Waals surface area (Å²) in [4.78, 5) is 35.6. The van der Waals surface area contributed by atoms with E-state index in [9.17, 15) is 24.6 Å². The van der Waals surface area contributed by atoms with Crippen LogP contribution in [0.25, 0.3) is 0 Å². The molecule has 0 aliphatic heterocycles. The maximum absolute atomic E-state index is 12.4. The molecule has 2 rings (SSSR count). The molecular weight excluding hydrogens is 390 g/mol. The summed E-state index contributed by atoms with van der Waals surface area (Å²) < 4.78 is 0. The number of benzene rings is 2. The van der Waals surface area contributed by atoms with Crippen LogP contribution in [0.2, 0.25) is 0 Å². The van der Waals surface area contributed by atoms with Gasteiger partial charge in [0.1, 0.15) is 6.04 Å². The van der Waals surface area contributed by atoms with Crippen LogP contribution < -0.4 is 21.7 Å². The number of nitrogens with two attached hydrogens (primary N) is 1. The van der Waals surface area contributed by atoms with Crippen LogP contribution >= 0.6 is 0 Å². The molecule has 0 heterocycles. The molecule has 0 aliphatic rings. The molecule has 1 amide bonds. The van der Waals surface area contributed by atoms with Gasteiger partial charge in [0.05, 0.1) is 5.56 Å². The molecule has 1 unspecified atom stereocenters. The van der Waals surface area contributed by atoms with Crippen molar-refractivity contribution in [2.75, 3.05) is 11.9 Å². The first-order chi connectivity index (χ1) is 14.3. The van der Waals surface area contributed by atoms with Crippen molar-refractivity contribution in [3.8, 4) is 0 Å². The Kier molecular flexibility index (Phi) is 7.74. The minimum atomic E-state index is -1.26. The van der Waals surface area contributed by atoms with Gasteiger partial charge < -0.3 is 31.9 Å². The zero-order valence-corrected chi connectivity index (χ0v) is 16.0. The largest absolute Gasteiger partial charge is 0.480 e. The highest BCUT2D eigenvalue weighted by molar-refractivity contribution is 5.96. The summed E-state index contributed by atoms with van der Waals surface area (Å²) in [6, 6.07) is 12.4. The van der Waals surface area contributed by atoms with Crippen molar-refractivity contribution in [2.45, 2.75) is 18.5 Å². The van der Waals surface area contributed by atoms with Crippen LogP contribution in [0.1, 0.15) is 27.1 Å². The first kappa shape index (κ1) is 22.2. The van der Waals surface area contributed by atoms with Gasteiger partial charge in [0.2, 0.25) is 0 Å². The normalized spacial score (nSPS) is 12.3. The summed E-state index contributed by atoms with van der Waals surface area (Å²) in [5.74, 6) is -3.27. The molecule has 0 bridgehead atoms. The maximum Gasteiger partial charge on any atom is 0.337 e. The van der Waals surface area contributed by atoms with Crippen molar-refractivity contribution < 1.29 is 24.6 Å². The minimum absolute atomic E-state index is 0.00511. The van der Waals surface area contributed by atoms with Gasteiger partial charge in [0.25, 0.3) is 5.91 Å². The van der Waals surface area contributed by atoms with Crippen LogP contribution in [0.15, 0.2) is 54.6 Å². The number of aliphatic carboxylic acids is 1. The lowest BCUT2D eigenvalue weighted by atomic mass is 10.0. The fourth-order valence-corrected chi connectivity index (χ4v) is 2.78. The molecule has 30 heavy (non-hydrogen) atoms. The Labute approximate surface area is 172 Å². The number of carbonyl (C=O) groups is 3. The Morgan fingerprint density at radius 2 is 1.63 bits per heavy atom. The van der Waals surface area contributed by atoms with Crippen LogP contribution in [0.4, 0.5) is 5.69 Å². The number of hydrogen-bond donors (Lipinski definition) is 7. The predicted molar refractivity (Wildman–Crippen MR) is 111 cm³/mol. The lowest BCUT2D eigenvalue weighted by Crippen LogP contribution is -2.47. The van der Waals surface area contributed by atoms with E-state index in [1.165, 1.54) is 6.07 Å². The van der Waals surface area contributed by atoms with Crippen molar-refractivity contribution >= 4 is 29.5 Å². The highest BCUT2D eigenvalue weighted by Gasteiger charge is 2.26. The van der Waals surface area contributed by atoms with E-state index in [0.717, 1.165) is 0 Å². The first-order valence-electron chi connectivity index (χ1n) is 9.03. The first-order valence-corrected chi connectivity index (χ1v) is 9.03. The van der Waals surface area contributed by atoms with Crippen LogP contribution in [0.5, 0.6) is 0 Å². The molecule has 8 N–H and O–H groups in total. The number of aromatic carboxylic acids is 1. The second kappa shape index (κ2) is 10.5. The van der Waals surface area contributed by atoms with Gasteiger partial charge in [0, 0.05) is 30.3 Å². The van der Waals surface area contributed by atoms with E-state index in [4.69, 9.17) is 11.1 Å². The number of anilines is 1. The molecular formula is C20H23N5O5.